The van der Waals surface area contributed by atoms with Gasteiger partial charge in [0.1, 0.15) is 17.2 Å². The average Bonchev–Trinajstić information content (AvgIpc) is 3.69. The minimum atomic E-state index is -0.215. The first kappa shape index (κ1) is 27.4. The van der Waals surface area contributed by atoms with E-state index in [1.807, 2.05) is 110 Å². The van der Waals surface area contributed by atoms with E-state index in [2.05, 4.69) is 17.0 Å². The van der Waals surface area contributed by atoms with Gasteiger partial charge in [0.05, 0.1) is 22.9 Å². The quantitative estimate of drug-likeness (QED) is 0.181. The van der Waals surface area contributed by atoms with Crippen LogP contribution in [-0.4, -0.2) is 37.1 Å². The molecule has 3 aromatic carbocycles. The number of ether oxygens (including phenoxy) is 2. The standard InChI is InChI=1S/C33H31N5O3S/c1-4-5-19-40-27-15-13-24(14-16-27)31-34-33-38(36-31)32(39)29(42-33)20-25-21-37(26-9-7-6-8-10-26)35-30(25)23-11-17-28(18-12-23)41-22(2)3/h6-18,20-22H,4-5,19H2,1-3H3. The molecule has 0 atom stereocenters. The van der Waals surface area contributed by atoms with Gasteiger partial charge in [0.2, 0.25) is 4.96 Å². The average molecular weight is 578 g/mol. The van der Waals surface area contributed by atoms with Crippen LogP contribution in [0.15, 0.2) is 89.9 Å². The van der Waals surface area contributed by atoms with Gasteiger partial charge in [-0.3, -0.25) is 4.79 Å². The molecule has 0 radical (unpaired) electrons. The van der Waals surface area contributed by atoms with E-state index in [1.54, 1.807) is 0 Å². The van der Waals surface area contributed by atoms with Crippen LogP contribution < -0.4 is 19.6 Å². The number of thiazole rings is 1. The van der Waals surface area contributed by atoms with Crippen molar-refractivity contribution >= 4 is 22.4 Å². The second-order valence-electron chi connectivity index (χ2n) is 10.2. The zero-order valence-corrected chi connectivity index (χ0v) is 24.5. The van der Waals surface area contributed by atoms with Crippen LogP contribution >= 0.6 is 11.3 Å². The van der Waals surface area contributed by atoms with Crippen molar-refractivity contribution in [3.63, 3.8) is 0 Å². The van der Waals surface area contributed by atoms with Crippen molar-refractivity contribution in [2.45, 2.75) is 39.7 Å². The first-order valence-electron chi connectivity index (χ1n) is 14.0. The predicted molar refractivity (Wildman–Crippen MR) is 167 cm³/mol. The van der Waals surface area contributed by atoms with E-state index in [0.29, 0.717) is 21.9 Å². The molecule has 0 saturated carbocycles. The number of benzene rings is 3. The molecule has 0 saturated heterocycles. The lowest BCUT2D eigenvalue weighted by atomic mass is 10.1. The van der Waals surface area contributed by atoms with Gasteiger partial charge in [-0.05, 0) is 87.0 Å². The van der Waals surface area contributed by atoms with Gasteiger partial charge in [-0.25, -0.2) is 4.68 Å². The van der Waals surface area contributed by atoms with E-state index >= 15 is 0 Å². The summed E-state index contributed by atoms with van der Waals surface area (Å²) in [5, 5.41) is 9.42. The van der Waals surface area contributed by atoms with Crippen LogP contribution in [0.1, 0.15) is 39.2 Å². The van der Waals surface area contributed by atoms with Crippen LogP contribution in [0.25, 0.3) is 39.4 Å². The van der Waals surface area contributed by atoms with Gasteiger partial charge in [0.15, 0.2) is 5.82 Å². The van der Waals surface area contributed by atoms with Crippen molar-refractivity contribution in [3.8, 4) is 39.8 Å². The fourth-order valence-corrected chi connectivity index (χ4v) is 5.42. The monoisotopic (exact) mass is 577 g/mol. The Balaban J connectivity index is 1.35. The third kappa shape index (κ3) is 5.82. The Hall–Kier alpha value is -4.76. The summed E-state index contributed by atoms with van der Waals surface area (Å²) in [6, 6.07) is 25.4. The van der Waals surface area contributed by atoms with Crippen molar-refractivity contribution in [2.24, 2.45) is 0 Å². The molecule has 0 aliphatic heterocycles. The van der Waals surface area contributed by atoms with Crippen molar-refractivity contribution in [1.82, 2.24) is 24.4 Å². The molecule has 8 nitrogen and oxygen atoms in total. The Kier molecular flexibility index (Phi) is 7.83. The van der Waals surface area contributed by atoms with Gasteiger partial charge in [0.25, 0.3) is 5.56 Å². The summed E-state index contributed by atoms with van der Waals surface area (Å²) in [6.07, 6.45) is 5.99. The summed E-state index contributed by atoms with van der Waals surface area (Å²) >= 11 is 1.31. The molecular formula is C33H31N5O3S. The molecule has 0 amide bonds. The number of para-hydroxylation sites is 1. The maximum Gasteiger partial charge on any atom is 0.291 e. The summed E-state index contributed by atoms with van der Waals surface area (Å²) in [6.45, 7) is 6.82. The van der Waals surface area contributed by atoms with E-state index in [1.165, 1.54) is 15.9 Å². The largest absolute Gasteiger partial charge is 0.494 e. The van der Waals surface area contributed by atoms with Gasteiger partial charge in [-0.2, -0.15) is 14.6 Å². The molecule has 212 valence electrons. The van der Waals surface area contributed by atoms with Crippen molar-refractivity contribution < 1.29 is 9.47 Å². The fourth-order valence-electron chi connectivity index (χ4n) is 4.53. The normalized spacial score (nSPS) is 12.0. The van der Waals surface area contributed by atoms with Crippen molar-refractivity contribution in [3.05, 3.63) is 106 Å². The smallest absolute Gasteiger partial charge is 0.291 e. The van der Waals surface area contributed by atoms with Gasteiger partial charge in [-0.1, -0.05) is 42.9 Å². The second kappa shape index (κ2) is 12.0. The highest BCUT2D eigenvalue weighted by atomic mass is 32.1. The van der Waals surface area contributed by atoms with E-state index in [-0.39, 0.29) is 11.7 Å². The first-order chi connectivity index (χ1) is 20.5. The van der Waals surface area contributed by atoms with E-state index in [4.69, 9.17) is 14.6 Å². The van der Waals surface area contributed by atoms with Crippen LogP contribution in [-0.2, 0) is 0 Å². The Bertz CT molecular complexity index is 1910. The van der Waals surface area contributed by atoms with Crippen LogP contribution in [0.3, 0.4) is 0 Å². The lowest BCUT2D eigenvalue weighted by Gasteiger charge is -2.09. The zero-order valence-electron chi connectivity index (χ0n) is 23.7. The highest BCUT2D eigenvalue weighted by molar-refractivity contribution is 7.15. The molecule has 6 aromatic rings. The molecule has 0 fully saturated rings. The maximum absolute atomic E-state index is 13.4. The number of rotatable bonds is 10. The SMILES string of the molecule is CCCCOc1ccc(-c2nc3sc(=Cc4cn(-c5ccccc5)nc4-c4ccc(OC(C)C)cc4)c(=O)n3n2)cc1. The Morgan fingerprint density at radius 1 is 0.905 bits per heavy atom. The van der Waals surface area contributed by atoms with Gasteiger partial charge in [-0.15, -0.1) is 5.10 Å². The molecule has 42 heavy (non-hydrogen) atoms. The molecule has 0 unspecified atom stereocenters. The highest BCUT2D eigenvalue weighted by Gasteiger charge is 2.15. The highest BCUT2D eigenvalue weighted by Crippen LogP contribution is 2.27. The summed E-state index contributed by atoms with van der Waals surface area (Å²) in [7, 11) is 0. The topological polar surface area (TPSA) is 83.5 Å². The molecule has 3 aromatic heterocycles. The summed E-state index contributed by atoms with van der Waals surface area (Å²) in [5.74, 6) is 2.11. The summed E-state index contributed by atoms with van der Waals surface area (Å²) in [5.41, 5.74) is 4.03. The molecule has 9 heteroatoms. The van der Waals surface area contributed by atoms with Crippen molar-refractivity contribution in [1.29, 1.82) is 0 Å². The molecule has 0 N–H and O–H groups in total. The Morgan fingerprint density at radius 2 is 1.62 bits per heavy atom. The molecule has 0 spiro atoms. The van der Waals surface area contributed by atoms with E-state index < -0.39 is 0 Å². The number of unbranched alkanes of at least 4 members (excludes halogenated alkanes) is 1. The Morgan fingerprint density at radius 3 is 2.31 bits per heavy atom. The van der Waals surface area contributed by atoms with Crippen LogP contribution in [0.2, 0.25) is 0 Å². The third-order valence-electron chi connectivity index (χ3n) is 6.61. The summed E-state index contributed by atoms with van der Waals surface area (Å²) < 4.78 is 15.3. The molecule has 0 bridgehead atoms. The zero-order chi connectivity index (χ0) is 29.1. The van der Waals surface area contributed by atoms with Gasteiger partial charge in [0, 0.05) is 22.9 Å². The Labute approximate surface area is 247 Å². The molecule has 0 aliphatic rings. The predicted octanol–water partition coefficient (Wildman–Crippen LogP) is 6.18. The second-order valence-corrected chi connectivity index (χ2v) is 11.2. The van der Waals surface area contributed by atoms with Crippen LogP contribution in [0, 0.1) is 0 Å². The van der Waals surface area contributed by atoms with E-state index in [0.717, 1.165) is 52.4 Å². The number of hydrogen-bond donors (Lipinski definition) is 0. The molecule has 0 aliphatic carbocycles. The third-order valence-corrected chi connectivity index (χ3v) is 7.57. The summed E-state index contributed by atoms with van der Waals surface area (Å²) in [4.78, 5) is 18.6. The number of hydrogen-bond acceptors (Lipinski definition) is 7. The molecular weight excluding hydrogens is 546 g/mol. The van der Waals surface area contributed by atoms with Crippen molar-refractivity contribution in [2.75, 3.05) is 6.61 Å². The van der Waals surface area contributed by atoms with Gasteiger partial charge < -0.3 is 9.47 Å². The van der Waals surface area contributed by atoms with Gasteiger partial charge >= 0.3 is 0 Å². The molecule has 3 heterocycles. The minimum absolute atomic E-state index is 0.0864. The van der Waals surface area contributed by atoms with E-state index in [9.17, 15) is 4.79 Å². The number of aromatic nitrogens is 5. The first-order valence-corrected chi connectivity index (χ1v) is 14.9. The lowest BCUT2D eigenvalue weighted by molar-refractivity contribution is 0.242. The molecule has 6 rings (SSSR count). The van der Waals surface area contributed by atoms with Crippen LogP contribution in [0.4, 0.5) is 0 Å². The minimum Gasteiger partial charge on any atom is -0.494 e. The van der Waals surface area contributed by atoms with Crippen LogP contribution in [0.5, 0.6) is 11.5 Å². The maximum atomic E-state index is 13.4. The lowest BCUT2D eigenvalue weighted by Crippen LogP contribution is -2.23. The number of fused-ring (bicyclic) bond motifs is 1. The fraction of sp³-hybridized carbons (Fsp3) is 0.212. The number of nitrogens with zero attached hydrogens (tertiary/aromatic N) is 5.